The first-order valence-electron chi connectivity index (χ1n) is 7.37. The second kappa shape index (κ2) is 9.22. The molecule has 0 aliphatic heterocycles. The van der Waals surface area contributed by atoms with Crippen molar-refractivity contribution in [1.29, 1.82) is 5.26 Å². The number of nitrogens with zero attached hydrogens (tertiary/aromatic N) is 3. The molecule has 0 unspecified atom stereocenters. The van der Waals surface area contributed by atoms with Crippen LogP contribution in [0.5, 0.6) is 5.75 Å². The third kappa shape index (κ3) is 5.66. The van der Waals surface area contributed by atoms with Crippen LogP contribution < -0.4 is 15.8 Å². The summed E-state index contributed by atoms with van der Waals surface area (Å²) in [5.41, 5.74) is 7.45. The van der Waals surface area contributed by atoms with Crippen molar-refractivity contribution in [2.45, 2.75) is 33.2 Å². The van der Waals surface area contributed by atoms with Gasteiger partial charge in [-0.05, 0) is 50.7 Å². The van der Waals surface area contributed by atoms with E-state index in [1.165, 1.54) is 6.20 Å². The smallest absolute Gasteiger partial charge is 0.321 e. The number of hydrogen-bond acceptors (Lipinski definition) is 5. The van der Waals surface area contributed by atoms with Gasteiger partial charge in [-0.1, -0.05) is 6.92 Å². The van der Waals surface area contributed by atoms with E-state index < -0.39 is 6.04 Å². The summed E-state index contributed by atoms with van der Waals surface area (Å²) >= 11 is 0. The Hall–Kier alpha value is -2.98. The van der Waals surface area contributed by atoms with Crippen LogP contribution >= 0.6 is 0 Å². The first-order valence-corrected chi connectivity index (χ1v) is 7.37. The van der Waals surface area contributed by atoms with Gasteiger partial charge in [-0.15, -0.1) is 0 Å². The molecule has 1 amide bonds. The number of amides is 1. The fourth-order valence-corrected chi connectivity index (χ4v) is 1.69. The molecular formula is C17H21N5O2. The molecule has 7 nitrogen and oxygen atoms in total. The van der Waals surface area contributed by atoms with Crippen molar-refractivity contribution in [3.05, 3.63) is 41.2 Å². The SMILES string of the molecule is C=NC(=N/C=C(\C)NC(=O)[C@H](N)CC)Oc1ccc(C#N)cc1C. The molecule has 0 heterocycles. The fraction of sp³-hybridized carbons (Fsp3) is 0.294. The lowest BCUT2D eigenvalue weighted by atomic mass is 10.1. The second-order valence-corrected chi connectivity index (χ2v) is 5.08. The van der Waals surface area contributed by atoms with Gasteiger partial charge < -0.3 is 15.8 Å². The summed E-state index contributed by atoms with van der Waals surface area (Å²) in [6.07, 6.45) is 1.95. The average molecular weight is 327 g/mol. The van der Waals surface area contributed by atoms with E-state index >= 15 is 0 Å². The third-order valence-electron chi connectivity index (χ3n) is 3.11. The highest BCUT2D eigenvalue weighted by Crippen LogP contribution is 2.19. The van der Waals surface area contributed by atoms with Crippen LogP contribution in [0, 0.1) is 18.3 Å². The van der Waals surface area contributed by atoms with Gasteiger partial charge in [0.05, 0.1) is 23.9 Å². The quantitative estimate of drug-likeness (QED) is 0.636. The van der Waals surface area contributed by atoms with E-state index in [0.29, 0.717) is 23.4 Å². The van der Waals surface area contributed by atoms with Crippen LogP contribution in [0.4, 0.5) is 0 Å². The molecule has 3 N–H and O–H groups in total. The zero-order valence-corrected chi connectivity index (χ0v) is 14.0. The summed E-state index contributed by atoms with van der Waals surface area (Å²) in [6.45, 7) is 8.72. The van der Waals surface area contributed by atoms with E-state index in [2.05, 4.69) is 28.1 Å². The highest BCUT2D eigenvalue weighted by Gasteiger charge is 2.10. The maximum absolute atomic E-state index is 11.7. The summed E-state index contributed by atoms with van der Waals surface area (Å²) < 4.78 is 5.55. The van der Waals surface area contributed by atoms with E-state index in [-0.39, 0.29) is 11.9 Å². The normalized spacial score (nSPS) is 13.0. The maximum atomic E-state index is 11.7. The molecule has 0 saturated carbocycles. The number of rotatable bonds is 5. The van der Waals surface area contributed by atoms with Crippen LogP contribution in [0.25, 0.3) is 0 Å². The van der Waals surface area contributed by atoms with Crippen molar-refractivity contribution in [1.82, 2.24) is 5.32 Å². The highest BCUT2D eigenvalue weighted by atomic mass is 16.5. The van der Waals surface area contributed by atoms with Crippen molar-refractivity contribution in [2.75, 3.05) is 0 Å². The highest BCUT2D eigenvalue weighted by molar-refractivity contribution is 5.83. The van der Waals surface area contributed by atoms with E-state index in [9.17, 15) is 4.79 Å². The topological polar surface area (TPSA) is 113 Å². The summed E-state index contributed by atoms with van der Waals surface area (Å²) in [5, 5.41) is 11.5. The molecule has 1 aromatic rings. The number of benzene rings is 1. The third-order valence-corrected chi connectivity index (χ3v) is 3.11. The van der Waals surface area contributed by atoms with Crippen LogP contribution in [-0.2, 0) is 4.79 Å². The standard InChI is InChI=1S/C17H21N5O2/c1-5-14(19)16(23)22-12(3)10-21-17(20-4)24-15-7-6-13(9-18)8-11(15)2/h6-8,10,14H,4-5,19H2,1-3H3,(H,22,23)/b12-10+,21-17?/t14-/m1/s1. The van der Waals surface area contributed by atoms with Gasteiger partial charge in [0.25, 0.3) is 0 Å². The van der Waals surface area contributed by atoms with Gasteiger partial charge in [-0.25, -0.2) is 9.98 Å². The molecule has 0 fully saturated rings. The molecular weight excluding hydrogens is 306 g/mol. The van der Waals surface area contributed by atoms with Gasteiger partial charge >= 0.3 is 6.02 Å². The molecule has 1 aromatic carbocycles. The Balaban J connectivity index is 2.84. The number of hydrogen-bond donors (Lipinski definition) is 2. The van der Waals surface area contributed by atoms with Crippen molar-refractivity contribution in [3.63, 3.8) is 0 Å². The molecule has 1 rings (SSSR count). The minimum atomic E-state index is -0.563. The molecule has 0 aliphatic carbocycles. The molecule has 0 aliphatic rings. The van der Waals surface area contributed by atoms with Gasteiger partial charge in [0.1, 0.15) is 5.75 Å². The molecule has 0 radical (unpaired) electrons. The number of nitriles is 1. The lowest BCUT2D eigenvalue weighted by Crippen LogP contribution is -2.39. The number of amidine groups is 1. The molecule has 0 spiro atoms. The first-order chi connectivity index (χ1) is 11.4. The van der Waals surface area contributed by atoms with Gasteiger partial charge in [0.2, 0.25) is 5.91 Å². The maximum Gasteiger partial charge on any atom is 0.321 e. The van der Waals surface area contributed by atoms with E-state index in [1.807, 2.05) is 13.8 Å². The van der Waals surface area contributed by atoms with E-state index in [1.54, 1.807) is 25.1 Å². The fourth-order valence-electron chi connectivity index (χ4n) is 1.69. The molecule has 7 heteroatoms. The van der Waals surface area contributed by atoms with Gasteiger partial charge in [0, 0.05) is 5.70 Å². The lowest BCUT2D eigenvalue weighted by molar-refractivity contribution is -0.121. The van der Waals surface area contributed by atoms with Crippen molar-refractivity contribution >= 4 is 18.6 Å². The van der Waals surface area contributed by atoms with Crippen LogP contribution in [0.3, 0.4) is 0 Å². The van der Waals surface area contributed by atoms with Gasteiger partial charge in [-0.3, -0.25) is 4.79 Å². The zero-order valence-electron chi connectivity index (χ0n) is 14.0. The molecule has 0 bridgehead atoms. The van der Waals surface area contributed by atoms with E-state index in [0.717, 1.165) is 5.56 Å². The lowest BCUT2D eigenvalue weighted by Gasteiger charge is -2.10. The van der Waals surface area contributed by atoms with Crippen LogP contribution in [0.15, 0.2) is 40.1 Å². The van der Waals surface area contributed by atoms with E-state index in [4.69, 9.17) is 15.7 Å². The largest absolute Gasteiger partial charge is 0.424 e. The number of nitrogens with one attached hydrogen (secondary N) is 1. The summed E-state index contributed by atoms with van der Waals surface area (Å²) in [4.78, 5) is 19.4. The van der Waals surface area contributed by atoms with Crippen LogP contribution in [0.1, 0.15) is 31.4 Å². The summed E-state index contributed by atoms with van der Waals surface area (Å²) in [6, 6.07) is 6.51. The van der Waals surface area contributed by atoms with Gasteiger partial charge in [-0.2, -0.15) is 5.26 Å². The Morgan fingerprint density at radius 2 is 2.29 bits per heavy atom. The number of allylic oxidation sites excluding steroid dienone is 1. The van der Waals surface area contributed by atoms with Gasteiger partial charge in [0.15, 0.2) is 0 Å². The Kier molecular flexibility index (Phi) is 7.33. The number of aryl methyl sites for hydroxylation is 1. The van der Waals surface area contributed by atoms with Crippen molar-refractivity contribution in [2.24, 2.45) is 15.7 Å². The molecule has 126 valence electrons. The Bertz CT molecular complexity index is 716. The van der Waals surface area contributed by atoms with Crippen molar-refractivity contribution in [3.8, 4) is 11.8 Å². The first kappa shape index (κ1) is 19.1. The average Bonchev–Trinajstić information content (AvgIpc) is 2.58. The zero-order chi connectivity index (χ0) is 18.1. The Morgan fingerprint density at radius 3 is 2.83 bits per heavy atom. The molecule has 0 aromatic heterocycles. The monoisotopic (exact) mass is 327 g/mol. The number of ether oxygens (including phenoxy) is 1. The molecule has 0 saturated heterocycles. The second-order valence-electron chi connectivity index (χ2n) is 5.08. The summed E-state index contributed by atoms with van der Waals surface area (Å²) in [7, 11) is 0. The summed E-state index contributed by atoms with van der Waals surface area (Å²) in [5.74, 6) is 0.238. The number of carbonyl (C=O) groups excluding carboxylic acids is 1. The number of nitrogens with two attached hydrogens (primary N) is 1. The molecule has 1 atom stereocenters. The Morgan fingerprint density at radius 1 is 1.58 bits per heavy atom. The molecule has 24 heavy (non-hydrogen) atoms. The minimum Gasteiger partial charge on any atom is -0.424 e. The number of carbonyl (C=O) groups is 1. The predicted molar refractivity (Wildman–Crippen MR) is 93.7 cm³/mol. The van der Waals surface area contributed by atoms with Crippen LogP contribution in [0.2, 0.25) is 0 Å². The van der Waals surface area contributed by atoms with Crippen molar-refractivity contribution < 1.29 is 9.53 Å². The Labute approximate surface area is 141 Å². The van der Waals surface area contributed by atoms with Crippen LogP contribution in [-0.4, -0.2) is 24.7 Å². The predicted octanol–water partition coefficient (Wildman–Crippen LogP) is 2.02. The minimum absolute atomic E-state index is 0.0243. The number of aliphatic imine (C=N–C) groups is 2.